The maximum absolute atomic E-state index is 12.8. The van der Waals surface area contributed by atoms with Crippen LogP contribution in [0, 0.1) is 13.8 Å². The third-order valence-electron chi connectivity index (χ3n) is 3.72. The van der Waals surface area contributed by atoms with Crippen LogP contribution in [-0.4, -0.2) is 16.9 Å². The molecule has 2 N–H and O–H groups in total. The van der Waals surface area contributed by atoms with Gasteiger partial charge in [0.2, 0.25) is 5.78 Å². The molecule has 2 aromatic heterocycles. The molecule has 0 saturated carbocycles. The number of carbonyl (C=O) groups is 1. The van der Waals surface area contributed by atoms with Crippen LogP contribution in [0.25, 0.3) is 10.2 Å². The molecule has 0 unspecified atom stereocenters. The first-order valence-corrected chi connectivity index (χ1v) is 8.66. The minimum atomic E-state index is -0.0800. The van der Waals surface area contributed by atoms with Crippen molar-refractivity contribution in [1.29, 1.82) is 0 Å². The zero-order chi connectivity index (χ0) is 17.4. The van der Waals surface area contributed by atoms with Crippen molar-refractivity contribution in [3.05, 3.63) is 52.0 Å². The summed E-state index contributed by atoms with van der Waals surface area (Å²) in [4.78, 5) is 18.7. The second-order valence-electron chi connectivity index (χ2n) is 6.13. The van der Waals surface area contributed by atoms with E-state index in [1.165, 1.54) is 11.3 Å². The van der Waals surface area contributed by atoms with Gasteiger partial charge in [-0.15, -0.1) is 11.3 Å². The van der Waals surface area contributed by atoms with E-state index < -0.39 is 0 Å². The van der Waals surface area contributed by atoms with Crippen LogP contribution in [0.1, 0.15) is 40.3 Å². The molecule has 124 valence electrons. The number of anilines is 1. The first-order chi connectivity index (χ1) is 11.4. The van der Waals surface area contributed by atoms with Gasteiger partial charge in [0.15, 0.2) is 0 Å². The first kappa shape index (κ1) is 16.5. The van der Waals surface area contributed by atoms with Crippen LogP contribution >= 0.6 is 11.3 Å². The van der Waals surface area contributed by atoms with E-state index in [0.717, 1.165) is 27.2 Å². The lowest BCUT2D eigenvalue weighted by Gasteiger charge is -2.09. The summed E-state index contributed by atoms with van der Waals surface area (Å²) in [5.41, 5.74) is 9.34. The van der Waals surface area contributed by atoms with Crippen LogP contribution in [-0.2, 0) is 0 Å². The fourth-order valence-electron chi connectivity index (χ4n) is 2.73. The average Bonchev–Trinajstić information content (AvgIpc) is 2.83. The van der Waals surface area contributed by atoms with Crippen LogP contribution in [0.3, 0.4) is 0 Å². The number of hydrogen-bond donors (Lipinski definition) is 1. The Morgan fingerprint density at radius 2 is 1.88 bits per heavy atom. The molecule has 1 aromatic carbocycles. The molecule has 4 nitrogen and oxygen atoms in total. The van der Waals surface area contributed by atoms with E-state index in [-0.39, 0.29) is 11.9 Å². The molecule has 0 saturated heterocycles. The average molecular weight is 340 g/mol. The fraction of sp³-hybridized carbons (Fsp3) is 0.263. The molecule has 3 rings (SSSR count). The summed E-state index contributed by atoms with van der Waals surface area (Å²) >= 11 is 1.35. The van der Waals surface area contributed by atoms with Crippen LogP contribution in [0.4, 0.5) is 5.69 Å². The molecule has 0 bridgehead atoms. The number of ketones is 1. The molecular formula is C19H20N2O2S. The molecule has 24 heavy (non-hydrogen) atoms. The van der Waals surface area contributed by atoms with Crippen LogP contribution in [0.5, 0.6) is 5.75 Å². The topological polar surface area (TPSA) is 65.2 Å². The summed E-state index contributed by atoms with van der Waals surface area (Å²) in [7, 11) is 0. The van der Waals surface area contributed by atoms with Gasteiger partial charge in [0.25, 0.3) is 0 Å². The van der Waals surface area contributed by atoms with Crippen molar-refractivity contribution >= 4 is 33.0 Å². The number of fused-ring (bicyclic) bond motifs is 1. The Kier molecular flexibility index (Phi) is 4.28. The zero-order valence-electron chi connectivity index (χ0n) is 14.2. The van der Waals surface area contributed by atoms with Gasteiger partial charge in [-0.3, -0.25) is 4.79 Å². The van der Waals surface area contributed by atoms with Gasteiger partial charge in [0, 0.05) is 16.6 Å². The smallest absolute Gasteiger partial charge is 0.205 e. The maximum atomic E-state index is 12.8. The molecule has 2 heterocycles. The summed E-state index contributed by atoms with van der Waals surface area (Å²) in [6, 6.07) is 9.15. The Hall–Kier alpha value is -2.40. The van der Waals surface area contributed by atoms with Gasteiger partial charge in [-0.05, 0) is 63.6 Å². The van der Waals surface area contributed by atoms with Gasteiger partial charge in [-0.1, -0.05) is 0 Å². The SMILES string of the molecule is Cc1cc(C)c2c(N)c(C(=O)c3ccc(OC(C)C)cc3)sc2n1. The van der Waals surface area contributed by atoms with Crippen molar-refractivity contribution in [2.75, 3.05) is 5.73 Å². The van der Waals surface area contributed by atoms with Crippen molar-refractivity contribution in [1.82, 2.24) is 4.98 Å². The Labute approximate surface area is 145 Å². The molecular weight excluding hydrogens is 320 g/mol. The molecule has 0 atom stereocenters. The van der Waals surface area contributed by atoms with Crippen LogP contribution in [0.15, 0.2) is 30.3 Å². The number of hydrogen-bond acceptors (Lipinski definition) is 5. The fourth-order valence-corrected chi connectivity index (χ4v) is 3.90. The number of carbonyl (C=O) groups excluding carboxylic acids is 1. The molecule has 0 aliphatic rings. The van der Waals surface area contributed by atoms with Gasteiger partial charge in [-0.2, -0.15) is 0 Å². The number of aryl methyl sites for hydroxylation is 2. The Morgan fingerprint density at radius 1 is 1.21 bits per heavy atom. The van der Waals surface area contributed by atoms with E-state index in [0.29, 0.717) is 16.1 Å². The summed E-state index contributed by atoms with van der Waals surface area (Å²) in [5.74, 6) is 0.669. The second kappa shape index (κ2) is 6.24. The normalized spacial score (nSPS) is 11.2. The molecule has 0 aliphatic heterocycles. The van der Waals surface area contributed by atoms with Crippen molar-refractivity contribution < 1.29 is 9.53 Å². The Morgan fingerprint density at radius 3 is 2.50 bits per heavy atom. The molecule has 0 amide bonds. The summed E-state index contributed by atoms with van der Waals surface area (Å²) in [6.07, 6.45) is 0.0991. The number of benzene rings is 1. The van der Waals surface area contributed by atoms with Gasteiger partial charge in [0.05, 0.1) is 11.8 Å². The summed E-state index contributed by atoms with van der Waals surface area (Å²) in [6.45, 7) is 7.87. The Bertz CT molecular complexity index is 911. The number of nitrogens with two attached hydrogens (primary N) is 1. The number of thiophene rings is 1. The monoisotopic (exact) mass is 340 g/mol. The lowest BCUT2D eigenvalue weighted by Crippen LogP contribution is -2.06. The van der Waals surface area contributed by atoms with Crippen LogP contribution in [0.2, 0.25) is 0 Å². The van der Waals surface area contributed by atoms with Gasteiger partial charge >= 0.3 is 0 Å². The predicted molar refractivity (Wildman–Crippen MR) is 99.1 cm³/mol. The molecule has 0 spiro atoms. The largest absolute Gasteiger partial charge is 0.491 e. The zero-order valence-corrected chi connectivity index (χ0v) is 15.0. The minimum Gasteiger partial charge on any atom is -0.491 e. The van der Waals surface area contributed by atoms with E-state index in [1.807, 2.05) is 45.9 Å². The maximum Gasteiger partial charge on any atom is 0.205 e. The van der Waals surface area contributed by atoms with Crippen molar-refractivity contribution in [2.45, 2.75) is 33.8 Å². The lowest BCUT2D eigenvalue weighted by atomic mass is 10.1. The minimum absolute atomic E-state index is 0.0800. The first-order valence-electron chi connectivity index (χ1n) is 7.84. The predicted octanol–water partition coefficient (Wildman–Crippen LogP) is 4.51. The quantitative estimate of drug-likeness (QED) is 0.710. The second-order valence-corrected chi connectivity index (χ2v) is 7.12. The van der Waals surface area contributed by atoms with Gasteiger partial charge in [0.1, 0.15) is 15.5 Å². The van der Waals surface area contributed by atoms with E-state index >= 15 is 0 Å². The van der Waals surface area contributed by atoms with Gasteiger partial charge in [-0.25, -0.2) is 4.98 Å². The summed E-state index contributed by atoms with van der Waals surface area (Å²) < 4.78 is 5.61. The van der Waals surface area contributed by atoms with Crippen molar-refractivity contribution in [3.63, 3.8) is 0 Å². The Balaban J connectivity index is 1.99. The lowest BCUT2D eigenvalue weighted by molar-refractivity contribution is 0.104. The third kappa shape index (κ3) is 2.99. The van der Waals surface area contributed by atoms with Gasteiger partial charge < -0.3 is 10.5 Å². The highest BCUT2D eigenvalue weighted by atomic mass is 32.1. The number of nitrogens with zero attached hydrogens (tertiary/aromatic N) is 1. The van der Waals surface area contributed by atoms with Crippen molar-refractivity contribution in [3.8, 4) is 5.75 Å². The van der Waals surface area contributed by atoms with E-state index in [9.17, 15) is 4.79 Å². The van der Waals surface area contributed by atoms with E-state index in [4.69, 9.17) is 10.5 Å². The summed E-state index contributed by atoms with van der Waals surface area (Å²) in [5, 5.41) is 0.883. The third-order valence-corrected chi connectivity index (χ3v) is 4.82. The van der Waals surface area contributed by atoms with Crippen molar-refractivity contribution in [2.24, 2.45) is 0 Å². The number of pyridine rings is 1. The molecule has 5 heteroatoms. The number of aromatic nitrogens is 1. The highest BCUT2D eigenvalue weighted by molar-refractivity contribution is 7.21. The van der Waals surface area contributed by atoms with Crippen LogP contribution < -0.4 is 10.5 Å². The number of ether oxygens (including phenoxy) is 1. The molecule has 0 aliphatic carbocycles. The number of nitrogen functional groups attached to an aromatic ring is 1. The highest BCUT2D eigenvalue weighted by Crippen LogP contribution is 2.36. The standard InChI is InChI=1S/C19H20N2O2S/c1-10(2)23-14-7-5-13(6-8-14)17(22)18-16(20)15-11(3)9-12(4)21-19(15)24-18/h5-10H,20H2,1-4H3. The molecule has 0 fully saturated rings. The molecule has 0 radical (unpaired) electrons. The highest BCUT2D eigenvalue weighted by Gasteiger charge is 2.20. The van der Waals surface area contributed by atoms with E-state index in [1.54, 1.807) is 12.1 Å². The number of rotatable bonds is 4. The van der Waals surface area contributed by atoms with E-state index in [2.05, 4.69) is 4.98 Å². The molecule has 3 aromatic rings.